The van der Waals surface area contributed by atoms with Gasteiger partial charge in [-0.15, -0.1) is 0 Å². The minimum absolute atomic E-state index is 0.208. The van der Waals surface area contributed by atoms with Gasteiger partial charge in [0.1, 0.15) is 18.2 Å². The van der Waals surface area contributed by atoms with E-state index in [0.717, 1.165) is 11.0 Å². The third kappa shape index (κ3) is 2.66. The summed E-state index contributed by atoms with van der Waals surface area (Å²) in [6.07, 6.45) is -0.872. The molecule has 21 heavy (non-hydrogen) atoms. The molecule has 1 heterocycles. The minimum atomic E-state index is -0.872. The molecule has 5 heteroatoms. The van der Waals surface area contributed by atoms with Gasteiger partial charge in [-0.1, -0.05) is 24.3 Å². The summed E-state index contributed by atoms with van der Waals surface area (Å²) in [7, 11) is 0. The number of benzene rings is 2. The van der Waals surface area contributed by atoms with Crippen LogP contribution >= 0.6 is 0 Å². The molecule has 0 unspecified atom stereocenters. The smallest absolute Gasteiger partial charge is 0.135 e. The highest BCUT2D eigenvalue weighted by Crippen LogP contribution is 2.22. The van der Waals surface area contributed by atoms with E-state index < -0.39 is 6.10 Å². The maximum atomic E-state index is 13.2. The fraction of sp³-hybridized carbons (Fsp3) is 0.188. The van der Waals surface area contributed by atoms with Crippen LogP contribution < -0.4 is 0 Å². The first-order valence-electron chi connectivity index (χ1n) is 6.67. The predicted molar refractivity (Wildman–Crippen MR) is 77.0 cm³/mol. The minimum Gasteiger partial charge on any atom is -0.388 e. The number of hydrogen-bond donors (Lipinski definition) is 2. The van der Waals surface area contributed by atoms with E-state index in [2.05, 4.69) is 4.98 Å². The van der Waals surface area contributed by atoms with E-state index in [0.29, 0.717) is 11.4 Å². The van der Waals surface area contributed by atoms with Gasteiger partial charge in [0, 0.05) is 0 Å². The topological polar surface area (TPSA) is 58.3 Å². The van der Waals surface area contributed by atoms with Gasteiger partial charge in [-0.3, -0.25) is 0 Å². The molecule has 1 atom stereocenters. The first-order valence-corrected chi connectivity index (χ1v) is 6.67. The van der Waals surface area contributed by atoms with Crippen molar-refractivity contribution in [2.45, 2.75) is 19.3 Å². The standard InChI is InChI=1S/C16H15FN2O2/c17-12-5-3-4-11(8-12)15(21)9-19-14-7-2-1-6-13(14)18-16(19)10-20/h1-8,15,20-21H,9-10H2/t15-/m0/s1. The molecule has 0 aliphatic carbocycles. The Hall–Kier alpha value is -2.24. The van der Waals surface area contributed by atoms with Gasteiger partial charge in [-0.25, -0.2) is 9.37 Å². The molecule has 3 aromatic rings. The van der Waals surface area contributed by atoms with Gasteiger partial charge in [0.25, 0.3) is 0 Å². The second-order valence-corrected chi connectivity index (χ2v) is 4.86. The first kappa shape index (κ1) is 13.7. The van der Waals surface area contributed by atoms with Crippen LogP contribution in [0.5, 0.6) is 0 Å². The predicted octanol–water partition coefficient (Wildman–Crippen LogP) is 2.40. The molecule has 0 spiro atoms. The molecule has 0 bridgehead atoms. The van der Waals surface area contributed by atoms with Crippen molar-refractivity contribution in [3.05, 3.63) is 65.7 Å². The summed E-state index contributed by atoms with van der Waals surface area (Å²) in [5, 5.41) is 19.7. The van der Waals surface area contributed by atoms with E-state index >= 15 is 0 Å². The van der Waals surface area contributed by atoms with Crippen LogP contribution in [0.25, 0.3) is 11.0 Å². The molecule has 2 N–H and O–H groups in total. The van der Waals surface area contributed by atoms with Crippen molar-refractivity contribution in [3.8, 4) is 0 Å². The fourth-order valence-electron chi connectivity index (χ4n) is 2.44. The van der Waals surface area contributed by atoms with Crippen molar-refractivity contribution < 1.29 is 14.6 Å². The van der Waals surface area contributed by atoms with Gasteiger partial charge in [0.2, 0.25) is 0 Å². The van der Waals surface area contributed by atoms with Crippen molar-refractivity contribution in [1.82, 2.24) is 9.55 Å². The second-order valence-electron chi connectivity index (χ2n) is 4.86. The van der Waals surface area contributed by atoms with E-state index in [-0.39, 0.29) is 19.0 Å². The van der Waals surface area contributed by atoms with Crippen molar-refractivity contribution in [3.63, 3.8) is 0 Å². The lowest BCUT2D eigenvalue weighted by Crippen LogP contribution is -2.12. The number of halogens is 1. The number of nitrogens with zero attached hydrogens (tertiary/aromatic N) is 2. The third-order valence-corrected chi connectivity index (χ3v) is 3.46. The highest BCUT2D eigenvalue weighted by molar-refractivity contribution is 5.75. The maximum absolute atomic E-state index is 13.2. The molecule has 0 aliphatic rings. The van der Waals surface area contributed by atoms with Gasteiger partial charge < -0.3 is 14.8 Å². The third-order valence-electron chi connectivity index (χ3n) is 3.46. The maximum Gasteiger partial charge on any atom is 0.135 e. The van der Waals surface area contributed by atoms with Crippen molar-refractivity contribution in [2.75, 3.05) is 0 Å². The number of imidazole rings is 1. The highest BCUT2D eigenvalue weighted by atomic mass is 19.1. The van der Waals surface area contributed by atoms with Crippen LogP contribution in [0.3, 0.4) is 0 Å². The number of aromatic nitrogens is 2. The molecule has 0 saturated heterocycles. The summed E-state index contributed by atoms with van der Waals surface area (Å²) in [5.41, 5.74) is 2.08. The Morgan fingerprint density at radius 2 is 1.95 bits per heavy atom. The van der Waals surface area contributed by atoms with E-state index in [4.69, 9.17) is 0 Å². The molecular formula is C16H15FN2O2. The van der Waals surface area contributed by atoms with Crippen LogP contribution in [-0.4, -0.2) is 19.8 Å². The number of fused-ring (bicyclic) bond motifs is 1. The van der Waals surface area contributed by atoms with Gasteiger partial charge in [-0.05, 0) is 29.8 Å². The van der Waals surface area contributed by atoms with Crippen molar-refractivity contribution >= 4 is 11.0 Å². The molecule has 0 fully saturated rings. The molecule has 2 aromatic carbocycles. The Kier molecular flexibility index (Phi) is 3.68. The lowest BCUT2D eigenvalue weighted by molar-refractivity contribution is 0.153. The summed E-state index contributed by atoms with van der Waals surface area (Å²) < 4.78 is 15.0. The van der Waals surface area contributed by atoms with E-state index in [9.17, 15) is 14.6 Å². The molecular weight excluding hydrogens is 271 g/mol. The van der Waals surface area contributed by atoms with Gasteiger partial charge in [0.15, 0.2) is 0 Å². The monoisotopic (exact) mass is 286 g/mol. The van der Waals surface area contributed by atoms with Crippen LogP contribution in [0, 0.1) is 5.82 Å². The molecule has 0 saturated carbocycles. The summed E-state index contributed by atoms with van der Waals surface area (Å²) in [6, 6.07) is 13.3. The summed E-state index contributed by atoms with van der Waals surface area (Å²) in [5.74, 6) is 0.0936. The van der Waals surface area contributed by atoms with Crippen LogP contribution in [-0.2, 0) is 13.2 Å². The number of para-hydroxylation sites is 2. The number of rotatable bonds is 4. The zero-order valence-corrected chi connectivity index (χ0v) is 11.3. The van der Waals surface area contributed by atoms with E-state index in [1.807, 2.05) is 24.3 Å². The largest absolute Gasteiger partial charge is 0.388 e. The fourth-order valence-corrected chi connectivity index (χ4v) is 2.44. The molecule has 0 amide bonds. The Balaban J connectivity index is 1.97. The zero-order valence-electron chi connectivity index (χ0n) is 11.3. The Bertz CT molecular complexity index is 770. The van der Waals surface area contributed by atoms with Crippen LogP contribution in [0.15, 0.2) is 48.5 Å². The quantitative estimate of drug-likeness (QED) is 0.774. The average Bonchev–Trinajstić information content (AvgIpc) is 2.85. The Labute approximate surface area is 121 Å². The summed E-state index contributed by atoms with van der Waals surface area (Å²) in [4.78, 5) is 4.32. The van der Waals surface area contributed by atoms with Gasteiger partial charge >= 0.3 is 0 Å². The van der Waals surface area contributed by atoms with E-state index in [1.165, 1.54) is 12.1 Å². The molecule has 4 nitrogen and oxygen atoms in total. The van der Waals surface area contributed by atoms with E-state index in [1.54, 1.807) is 16.7 Å². The highest BCUT2D eigenvalue weighted by Gasteiger charge is 2.15. The Morgan fingerprint density at radius 1 is 1.14 bits per heavy atom. The van der Waals surface area contributed by atoms with Crippen molar-refractivity contribution in [1.29, 1.82) is 0 Å². The Morgan fingerprint density at radius 3 is 2.71 bits per heavy atom. The van der Waals surface area contributed by atoms with Gasteiger partial charge in [-0.2, -0.15) is 0 Å². The second kappa shape index (κ2) is 5.63. The molecule has 108 valence electrons. The lowest BCUT2D eigenvalue weighted by atomic mass is 10.1. The average molecular weight is 286 g/mol. The van der Waals surface area contributed by atoms with Crippen LogP contribution in [0.4, 0.5) is 4.39 Å². The molecule has 3 rings (SSSR count). The normalized spacial score (nSPS) is 12.7. The summed E-state index contributed by atoms with van der Waals surface area (Å²) in [6.45, 7) is -0.00951. The first-order chi connectivity index (χ1) is 10.2. The summed E-state index contributed by atoms with van der Waals surface area (Å²) >= 11 is 0. The van der Waals surface area contributed by atoms with Gasteiger partial charge in [0.05, 0.1) is 23.7 Å². The molecule has 1 aromatic heterocycles. The van der Waals surface area contributed by atoms with Crippen LogP contribution in [0.2, 0.25) is 0 Å². The number of aliphatic hydroxyl groups excluding tert-OH is 2. The lowest BCUT2D eigenvalue weighted by Gasteiger charge is -2.14. The zero-order chi connectivity index (χ0) is 14.8. The number of hydrogen-bond acceptors (Lipinski definition) is 3. The van der Waals surface area contributed by atoms with Crippen LogP contribution in [0.1, 0.15) is 17.5 Å². The number of aliphatic hydroxyl groups is 2. The molecule has 0 radical (unpaired) electrons. The van der Waals surface area contributed by atoms with Crippen molar-refractivity contribution in [2.24, 2.45) is 0 Å². The SMILES string of the molecule is OCc1nc2ccccc2n1C[C@H](O)c1cccc(F)c1. The molecule has 0 aliphatic heterocycles.